The van der Waals surface area contributed by atoms with E-state index in [9.17, 15) is 4.79 Å². The molecule has 1 N–H and O–H groups in total. The summed E-state index contributed by atoms with van der Waals surface area (Å²) < 4.78 is 5.36. The molecule has 1 fully saturated rings. The van der Waals surface area contributed by atoms with Gasteiger partial charge in [0.2, 0.25) is 5.91 Å². The lowest BCUT2D eigenvalue weighted by Crippen LogP contribution is -2.36. The highest BCUT2D eigenvalue weighted by Crippen LogP contribution is 2.16. The van der Waals surface area contributed by atoms with Crippen molar-refractivity contribution in [3.8, 4) is 0 Å². The Hall–Kier alpha value is -1.55. The smallest absolute Gasteiger partial charge is 0.223 e. The van der Waals surface area contributed by atoms with Gasteiger partial charge in [-0.15, -0.1) is 0 Å². The summed E-state index contributed by atoms with van der Waals surface area (Å²) in [5, 5.41) is 3.03. The summed E-state index contributed by atoms with van der Waals surface area (Å²) in [6.45, 7) is 8.23. The minimum absolute atomic E-state index is 0.137. The van der Waals surface area contributed by atoms with Gasteiger partial charge in [0.1, 0.15) is 0 Å². The maximum Gasteiger partial charge on any atom is 0.223 e. The Morgan fingerprint density at radius 3 is 2.38 bits per heavy atom. The molecule has 1 aliphatic rings. The predicted molar refractivity (Wildman–Crippen MR) is 85.4 cm³/mol. The SMILES string of the molecule is CCC(CC)C(=O)NCc1ccc(N2CCOCC2)cc1. The van der Waals surface area contributed by atoms with Crippen molar-refractivity contribution in [1.29, 1.82) is 0 Å². The van der Waals surface area contributed by atoms with Gasteiger partial charge in [0, 0.05) is 31.2 Å². The van der Waals surface area contributed by atoms with Crippen LogP contribution in [0.3, 0.4) is 0 Å². The molecule has 0 aliphatic carbocycles. The van der Waals surface area contributed by atoms with E-state index in [-0.39, 0.29) is 11.8 Å². The average Bonchev–Trinajstić information content (AvgIpc) is 2.55. The maximum absolute atomic E-state index is 12.0. The fraction of sp³-hybridized carbons (Fsp3) is 0.588. The summed E-state index contributed by atoms with van der Waals surface area (Å²) in [6.07, 6.45) is 1.80. The molecular weight excluding hydrogens is 264 g/mol. The van der Waals surface area contributed by atoms with E-state index in [0.717, 1.165) is 44.7 Å². The van der Waals surface area contributed by atoms with Crippen molar-refractivity contribution in [2.24, 2.45) is 5.92 Å². The molecule has 1 saturated heterocycles. The first kappa shape index (κ1) is 15.8. The predicted octanol–water partition coefficient (Wildman–Crippen LogP) is 2.58. The number of amides is 1. The molecule has 4 nitrogen and oxygen atoms in total. The molecule has 0 spiro atoms. The third-order valence-corrected chi connectivity index (χ3v) is 4.14. The van der Waals surface area contributed by atoms with Crippen molar-refractivity contribution in [3.05, 3.63) is 29.8 Å². The van der Waals surface area contributed by atoms with E-state index in [4.69, 9.17) is 4.74 Å². The lowest BCUT2D eigenvalue weighted by Gasteiger charge is -2.28. The van der Waals surface area contributed by atoms with Crippen LogP contribution in [0.2, 0.25) is 0 Å². The molecule has 0 bridgehead atoms. The van der Waals surface area contributed by atoms with E-state index < -0.39 is 0 Å². The lowest BCUT2D eigenvalue weighted by atomic mass is 10.0. The molecule has 0 atom stereocenters. The summed E-state index contributed by atoms with van der Waals surface area (Å²) in [7, 11) is 0. The van der Waals surface area contributed by atoms with Crippen LogP contribution in [0, 0.1) is 5.92 Å². The number of morpholine rings is 1. The van der Waals surface area contributed by atoms with Gasteiger partial charge in [0.05, 0.1) is 13.2 Å². The van der Waals surface area contributed by atoms with Crippen LogP contribution in [0.15, 0.2) is 24.3 Å². The summed E-state index contributed by atoms with van der Waals surface area (Å²) >= 11 is 0. The topological polar surface area (TPSA) is 41.6 Å². The van der Waals surface area contributed by atoms with Gasteiger partial charge in [-0.3, -0.25) is 4.79 Å². The first-order valence-electron chi connectivity index (χ1n) is 7.94. The van der Waals surface area contributed by atoms with Crippen LogP contribution in [0.5, 0.6) is 0 Å². The van der Waals surface area contributed by atoms with Gasteiger partial charge in [0.25, 0.3) is 0 Å². The Morgan fingerprint density at radius 2 is 1.81 bits per heavy atom. The van der Waals surface area contributed by atoms with E-state index >= 15 is 0 Å². The molecule has 1 amide bonds. The van der Waals surface area contributed by atoms with Gasteiger partial charge >= 0.3 is 0 Å². The molecule has 0 radical (unpaired) electrons. The standard InChI is InChI=1S/C17H26N2O2/c1-3-15(4-2)17(20)18-13-14-5-7-16(8-6-14)19-9-11-21-12-10-19/h5-8,15H,3-4,9-13H2,1-2H3,(H,18,20). The fourth-order valence-electron chi connectivity index (χ4n) is 2.64. The van der Waals surface area contributed by atoms with Crippen LogP contribution in [-0.4, -0.2) is 32.2 Å². The van der Waals surface area contributed by atoms with Gasteiger partial charge in [-0.05, 0) is 30.5 Å². The van der Waals surface area contributed by atoms with Crippen LogP contribution < -0.4 is 10.2 Å². The van der Waals surface area contributed by atoms with Gasteiger partial charge < -0.3 is 15.0 Å². The van der Waals surface area contributed by atoms with Gasteiger partial charge in [-0.25, -0.2) is 0 Å². The fourth-order valence-corrected chi connectivity index (χ4v) is 2.64. The highest BCUT2D eigenvalue weighted by molar-refractivity contribution is 5.78. The van der Waals surface area contributed by atoms with Crippen LogP contribution in [-0.2, 0) is 16.1 Å². The maximum atomic E-state index is 12.0. The van der Waals surface area contributed by atoms with Crippen molar-refractivity contribution < 1.29 is 9.53 Å². The second-order valence-electron chi connectivity index (χ2n) is 5.50. The number of ether oxygens (including phenoxy) is 1. The molecule has 1 aliphatic heterocycles. The molecular formula is C17H26N2O2. The second kappa shape index (κ2) is 8.03. The zero-order chi connectivity index (χ0) is 15.1. The Morgan fingerprint density at radius 1 is 1.19 bits per heavy atom. The zero-order valence-corrected chi connectivity index (χ0v) is 13.1. The van der Waals surface area contributed by atoms with Crippen LogP contribution >= 0.6 is 0 Å². The Bertz CT molecular complexity index is 435. The summed E-state index contributed by atoms with van der Waals surface area (Å²) in [6, 6.07) is 8.45. The zero-order valence-electron chi connectivity index (χ0n) is 13.1. The highest BCUT2D eigenvalue weighted by Gasteiger charge is 2.14. The molecule has 116 valence electrons. The third kappa shape index (κ3) is 4.46. The van der Waals surface area contributed by atoms with Gasteiger partial charge in [0.15, 0.2) is 0 Å². The van der Waals surface area contributed by atoms with Crippen molar-refractivity contribution in [3.63, 3.8) is 0 Å². The highest BCUT2D eigenvalue weighted by atomic mass is 16.5. The number of hydrogen-bond acceptors (Lipinski definition) is 3. The Balaban J connectivity index is 1.86. The average molecular weight is 290 g/mol. The first-order valence-corrected chi connectivity index (χ1v) is 7.94. The summed E-state index contributed by atoms with van der Waals surface area (Å²) in [4.78, 5) is 14.3. The van der Waals surface area contributed by atoms with E-state index in [1.165, 1.54) is 5.69 Å². The number of carbonyl (C=O) groups is 1. The van der Waals surface area contributed by atoms with Crippen molar-refractivity contribution in [1.82, 2.24) is 5.32 Å². The number of rotatable bonds is 6. The van der Waals surface area contributed by atoms with Crippen LogP contribution in [0.25, 0.3) is 0 Å². The Labute approximate surface area is 127 Å². The molecule has 4 heteroatoms. The van der Waals surface area contributed by atoms with E-state index in [0.29, 0.717) is 6.54 Å². The quantitative estimate of drug-likeness (QED) is 0.875. The third-order valence-electron chi connectivity index (χ3n) is 4.14. The second-order valence-corrected chi connectivity index (χ2v) is 5.50. The summed E-state index contributed by atoms with van der Waals surface area (Å²) in [5.41, 5.74) is 2.37. The molecule has 1 heterocycles. The summed E-state index contributed by atoms with van der Waals surface area (Å²) in [5.74, 6) is 0.301. The van der Waals surface area contributed by atoms with E-state index in [1.54, 1.807) is 0 Å². The van der Waals surface area contributed by atoms with Gasteiger partial charge in [-0.1, -0.05) is 26.0 Å². The lowest BCUT2D eigenvalue weighted by molar-refractivity contribution is -0.125. The van der Waals surface area contributed by atoms with Crippen LogP contribution in [0.1, 0.15) is 32.3 Å². The number of benzene rings is 1. The number of hydrogen-bond donors (Lipinski definition) is 1. The normalized spacial score (nSPS) is 15.3. The molecule has 1 aromatic rings. The van der Waals surface area contributed by atoms with E-state index in [2.05, 4.69) is 48.3 Å². The monoisotopic (exact) mass is 290 g/mol. The number of carbonyl (C=O) groups excluding carboxylic acids is 1. The number of nitrogens with zero attached hydrogens (tertiary/aromatic N) is 1. The molecule has 0 aromatic heterocycles. The number of anilines is 1. The first-order chi connectivity index (χ1) is 10.2. The van der Waals surface area contributed by atoms with Gasteiger partial charge in [-0.2, -0.15) is 0 Å². The minimum Gasteiger partial charge on any atom is -0.378 e. The van der Waals surface area contributed by atoms with E-state index in [1.807, 2.05) is 0 Å². The number of nitrogens with one attached hydrogen (secondary N) is 1. The molecule has 1 aromatic carbocycles. The Kier molecular flexibility index (Phi) is 6.05. The molecule has 0 unspecified atom stereocenters. The van der Waals surface area contributed by atoms with Crippen molar-refractivity contribution in [2.45, 2.75) is 33.2 Å². The molecule has 0 saturated carbocycles. The molecule has 21 heavy (non-hydrogen) atoms. The van der Waals surface area contributed by atoms with Crippen molar-refractivity contribution in [2.75, 3.05) is 31.2 Å². The van der Waals surface area contributed by atoms with Crippen LogP contribution in [0.4, 0.5) is 5.69 Å². The minimum atomic E-state index is 0.137. The largest absolute Gasteiger partial charge is 0.378 e. The molecule has 2 rings (SSSR count). The van der Waals surface area contributed by atoms with Crippen molar-refractivity contribution >= 4 is 11.6 Å².